The van der Waals surface area contributed by atoms with Gasteiger partial charge < -0.3 is 10.6 Å². The lowest BCUT2D eigenvalue weighted by Crippen LogP contribution is -2.28. The second-order valence-corrected chi connectivity index (χ2v) is 5.96. The second-order valence-electron chi connectivity index (χ2n) is 5.02. The molecule has 0 radical (unpaired) electrons. The Morgan fingerprint density at radius 3 is 2.90 bits per heavy atom. The molecule has 1 saturated heterocycles. The maximum atomic E-state index is 12.1. The summed E-state index contributed by atoms with van der Waals surface area (Å²) >= 11 is 1.54. The van der Waals surface area contributed by atoms with Gasteiger partial charge in [-0.05, 0) is 25.0 Å². The largest absolute Gasteiger partial charge is 0.399 e. The quantitative estimate of drug-likeness (QED) is 0.883. The van der Waals surface area contributed by atoms with E-state index < -0.39 is 0 Å². The van der Waals surface area contributed by atoms with Crippen molar-refractivity contribution in [1.82, 2.24) is 9.88 Å². The first-order chi connectivity index (χ1) is 9.72. The summed E-state index contributed by atoms with van der Waals surface area (Å²) in [5.74, 6) is 0.191. The summed E-state index contributed by atoms with van der Waals surface area (Å²) in [7, 11) is 0. The van der Waals surface area contributed by atoms with Crippen molar-refractivity contribution in [3.63, 3.8) is 0 Å². The number of thiazole rings is 1. The molecule has 1 aromatic heterocycles. The molecule has 5 heteroatoms. The summed E-state index contributed by atoms with van der Waals surface area (Å²) in [5, 5.41) is 2.86. The molecular weight excluding hydrogens is 270 g/mol. The Hall–Kier alpha value is -1.88. The highest BCUT2D eigenvalue weighted by Crippen LogP contribution is 2.24. The normalized spacial score (nSPS) is 14.7. The predicted octanol–water partition coefficient (Wildman–Crippen LogP) is 2.56. The van der Waals surface area contributed by atoms with Crippen LogP contribution in [0.15, 0.2) is 29.6 Å². The van der Waals surface area contributed by atoms with E-state index in [1.54, 1.807) is 0 Å². The van der Waals surface area contributed by atoms with Crippen molar-refractivity contribution in [2.24, 2.45) is 0 Å². The van der Waals surface area contributed by atoms with Crippen LogP contribution in [0.4, 0.5) is 5.69 Å². The van der Waals surface area contributed by atoms with E-state index in [0.29, 0.717) is 6.42 Å². The van der Waals surface area contributed by atoms with Crippen molar-refractivity contribution < 1.29 is 4.79 Å². The monoisotopic (exact) mass is 287 g/mol. The van der Waals surface area contributed by atoms with E-state index in [9.17, 15) is 4.79 Å². The Morgan fingerprint density at radius 1 is 1.35 bits per heavy atom. The van der Waals surface area contributed by atoms with E-state index in [1.807, 2.05) is 34.5 Å². The summed E-state index contributed by atoms with van der Waals surface area (Å²) in [6, 6.07) is 7.66. The van der Waals surface area contributed by atoms with Crippen LogP contribution in [0.3, 0.4) is 0 Å². The Balaban J connectivity index is 1.72. The average Bonchev–Trinajstić information content (AvgIpc) is 3.10. The van der Waals surface area contributed by atoms with Crippen molar-refractivity contribution in [2.45, 2.75) is 19.3 Å². The van der Waals surface area contributed by atoms with Crippen LogP contribution < -0.4 is 5.73 Å². The Kier molecular flexibility index (Phi) is 3.69. The molecule has 1 aliphatic rings. The Labute approximate surface area is 122 Å². The molecule has 1 aromatic carbocycles. The minimum Gasteiger partial charge on any atom is -0.399 e. The number of rotatable bonds is 3. The van der Waals surface area contributed by atoms with Gasteiger partial charge in [0, 0.05) is 29.7 Å². The van der Waals surface area contributed by atoms with Crippen LogP contribution in [0.25, 0.3) is 11.3 Å². The van der Waals surface area contributed by atoms with Gasteiger partial charge in [0.1, 0.15) is 5.01 Å². The first-order valence-electron chi connectivity index (χ1n) is 6.80. The highest BCUT2D eigenvalue weighted by Gasteiger charge is 2.19. The SMILES string of the molecule is Nc1cccc(-c2csc(CC(=O)N3CCCC3)n2)c1. The van der Waals surface area contributed by atoms with E-state index in [0.717, 1.165) is 47.9 Å². The summed E-state index contributed by atoms with van der Waals surface area (Å²) in [6.07, 6.45) is 2.66. The van der Waals surface area contributed by atoms with Crippen molar-refractivity contribution in [1.29, 1.82) is 0 Å². The number of nitrogens with two attached hydrogens (primary N) is 1. The molecule has 1 aliphatic heterocycles. The lowest BCUT2D eigenvalue weighted by atomic mass is 10.1. The van der Waals surface area contributed by atoms with Gasteiger partial charge in [0.25, 0.3) is 0 Å². The number of aromatic nitrogens is 1. The smallest absolute Gasteiger partial charge is 0.229 e. The van der Waals surface area contributed by atoms with E-state index in [1.165, 1.54) is 11.3 Å². The molecule has 20 heavy (non-hydrogen) atoms. The van der Waals surface area contributed by atoms with Gasteiger partial charge in [-0.15, -0.1) is 11.3 Å². The molecular formula is C15H17N3OS. The third-order valence-electron chi connectivity index (χ3n) is 3.50. The fraction of sp³-hybridized carbons (Fsp3) is 0.333. The number of nitrogen functional groups attached to an aromatic ring is 1. The molecule has 0 aliphatic carbocycles. The van der Waals surface area contributed by atoms with Crippen molar-refractivity contribution >= 4 is 22.9 Å². The summed E-state index contributed by atoms with van der Waals surface area (Å²) in [4.78, 5) is 18.6. The molecule has 0 unspecified atom stereocenters. The number of hydrogen-bond donors (Lipinski definition) is 1. The number of likely N-dealkylation sites (tertiary alicyclic amines) is 1. The molecule has 104 valence electrons. The molecule has 1 fully saturated rings. The van der Waals surface area contributed by atoms with Gasteiger partial charge in [-0.2, -0.15) is 0 Å². The van der Waals surface area contributed by atoms with Gasteiger partial charge in [0.2, 0.25) is 5.91 Å². The number of amides is 1. The third-order valence-corrected chi connectivity index (χ3v) is 4.34. The molecule has 0 bridgehead atoms. The van der Waals surface area contributed by atoms with Crippen LogP contribution in [-0.2, 0) is 11.2 Å². The van der Waals surface area contributed by atoms with E-state index in [-0.39, 0.29) is 5.91 Å². The Morgan fingerprint density at radius 2 is 2.15 bits per heavy atom. The molecule has 1 amide bonds. The van der Waals surface area contributed by atoms with Gasteiger partial charge in [-0.25, -0.2) is 4.98 Å². The third kappa shape index (κ3) is 2.82. The van der Waals surface area contributed by atoms with Crippen LogP contribution in [0, 0.1) is 0 Å². The van der Waals surface area contributed by atoms with Crippen LogP contribution in [-0.4, -0.2) is 28.9 Å². The van der Waals surface area contributed by atoms with Gasteiger partial charge in [-0.1, -0.05) is 12.1 Å². The molecule has 0 saturated carbocycles. The first-order valence-corrected chi connectivity index (χ1v) is 7.68. The molecule has 4 nitrogen and oxygen atoms in total. The lowest BCUT2D eigenvalue weighted by molar-refractivity contribution is -0.129. The van der Waals surface area contributed by atoms with Crippen LogP contribution >= 0.6 is 11.3 Å². The highest BCUT2D eigenvalue weighted by molar-refractivity contribution is 7.10. The first kappa shape index (κ1) is 13.1. The summed E-state index contributed by atoms with van der Waals surface area (Å²) in [6.45, 7) is 1.79. The summed E-state index contributed by atoms with van der Waals surface area (Å²) < 4.78 is 0. The maximum absolute atomic E-state index is 12.1. The Bertz CT molecular complexity index is 617. The number of carbonyl (C=O) groups excluding carboxylic acids is 1. The fourth-order valence-electron chi connectivity index (χ4n) is 2.43. The van der Waals surface area contributed by atoms with Crippen LogP contribution in [0.2, 0.25) is 0 Å². The summed E-state index contributed by atoms with van der Waals surface area (Å²) in [5.41, 5.74) is 8.40. The zero-order valence-electron chi connectivity index (χ0n) is 11.2. The average molecular weight is 287 g/mol. The highest BCUT2D eigenvalue weighted by atomic mass is 32.1. The molecule has 0 atom stereocenters. The van der Waals surface area contributed by atoms with Gasteiger partial charge in [0.15, 0.2) is 0 Å². The minimum absolute atomic E-state index is 0.191. The number of carbonyl (C=O) groups is 1. The van der Waals surface area contributed by atoms with Crippen LogP contribution in [0.5, 0.6) is 0 Å². The van der Waals surface area contributed by atoms with Gasteiger partial charge >= 0.3 is 0 Å². The zero-order valence-corrected chi connectivity index (χ0v) is 12.0. The number of anilines is 1. The standard InChI is InChI=1S/C15H17N3OS/c16-12-5-3-4-11(8-12)13-10-20-14(17-13)9-15(19)18-6-1-2-7-18/h3-5,8,10H,1-2,6-7,9,16H2. The predicted molar refractivity (Wildman–Crippen MR) is 81.5 cm³/mol. The lowest BCUT2D eigenvalue weighted by Gasteiger charge is -2.13. The number of hydrogen-bond acceptors (Lipinski definition) is 4. The minimum atomic E-state index is 0.191. The number of nitrogens with zero attached hydrogens (tertiary/aromatic N) is 2. The zero-order chi connectivity index (χ0) is 13.9. The van der Waals surface area contributed by atoms with E-state index in [4.69, 9.17) is 5.73 Å². The molecule has 3 rings (SSSR count). The molecule has 2 heterocycles. The number of benzene rings is 1. The topological polar surface area (TPSA) is 59.2 Å². The van der Waals surface area contributed by atoms with Gasteiger partial charge in [0.05, 0.1) is 12.1 Å². The van der Waals surface area contributed by atoms with E-state index in [2.05, 4.69) is 4.98 Å². The van der Waals surface area contributed by atoms with Crippen molar-refractivity contribution in [3.05, 3.63) is 34.7 Å². The van der Waals surface area contributed by atoms with Crippen molar-refractivity contribution in [3.8, 4) is 11.3 Å². The molecule has 2 aromatic rings. The molecule has 0 spiro atoms. The fourth-order valence-corrected chi connectivity index (χ4v) is 3.22. The second kappa shape index (κ2) is 5.63. The van der Waals surface area contributed by atoms with E-state index >= 15 is 0 Å². The maximum Gasteiger partial charge on any atom is 0.229 e. The van der Waals surface area contributed by atoms with Crippen molar-refractivity contribution in [2.75, 3.05) is 18.8 Å². The molecule has 2 N–H and O–H groups in total. The van der Waals surface area contributed by atoms with Crippen LogP contribution in [0.1, 0.15) is 17.8 Å². The van der Waals surface area contributed by atoms with Gasteiger partial charge in [-0.3, -0.25) is 4.79 Å².